The van der Waals surface area contributed by atoms with Gasteiger partial charge < -0.3 is 26.5 Å². The highest BCUT2D eigenvalue weighted by atomic mass is 35.5. The van der Waals surface area contributed by atoms with Crippen LogP contribution in [0.15, 0.2) is 63.8 Å². The molecule has 2 aromatic carbocycles. The monoisotopic (exact) mass is 415 g/mol. The topological polar surface area (TPSA) is 61.0 Å². The van der Waals surface area contributed by atoms with Crippen molar-refractivity contribution >= 4 is 16.9 Å². The van der Waals surface area contributed by atoms with Crippen LogP contribution in [0.2, 0.25) is 0 Å². The summed E-state index contributed by atoms with van der Waals surface area (Å²) in [6, 6.07) is 16.2. The van der Waals surface area contributed by atoms with Gasteiger partial charge in [0.1, 0.15) is 24.5 Å². The number of fused-ring (bicyclic) bond motifs is 1. The number of likely N-dealkylation sites (N-methyl/N-ethyl adjacent to an activating group) is 1. The van der Waals surface area contributed by atoms with Crippen LogP contribution in [-0.4, -0.2) is 32.2 Å². The van der Waals surface area contributed by atoms with E-state index in [0.29, 0.717) is 28.9 Å². The van der Waals surface area contributed by atoms with Crippen LogP contribution in [0.1, 0.15) is 19.4 Å². The molecule has 0 atom stereocenters. The molecular weight excluding hydrogens is 390 g/mol. The van der Waals surface area contributed by atoms with Crippen molar-refractivity contribution < 1.29 is 31.3 Å². The summed E-state index contributed by atoms with van der Waals surface area (Å²) in [5.74, 6) is 0.177. The summed E-state index contributed by atoms with van der Waals surface area (Å²) in [5, 5.41) is 0.470. The first kappa shape index (κ1) is 22.7. The lowest BCUT2D eigenvalue weighted by atomic mass is 10.1. The number of hydrogen-bond donors (Lipinski definition) is 1. The molecule has 0 saturated carbocycles. The summed E-state index contributed by atoms with van der Waals surface area (Å²) in [6.07, 6.45) is 0.0755. The molecule has 0 radical (unpaired) electrons. The summed E-state index contributed by atoms with van der Waals surface area (Å²) in [5.41, 5.74) is 1.80. The smallest absolute Gasteiger partial charge is 0.310 e. The summed E-state index contributed by atoms with van der Waals surface area (Å²) < 4.78 is 11.4. The van der Waals surface area contributed by atoms with Gasteiger partial charge in [0.05, 0.1) is 24.9 Å². The highest BCUT2D eigenvalue weighted by molar-refractivity contribution is 5.85. The molecule has 29 heavy (non-hydrogen) atoms. The number of hydrogen-bond acceptors (Lipinski definition) is 4. The van der Waals surface area contributed by atoms with E-state index in [-0.39, 0.29) is 30.2 Å². The highest BCUT2D eigenvalue weighted by Crippen LogP contribution is 2.24. The number of carbonyl (C=O) groups is 1. The first-order valence-electron chi connectivity index (χ1n) is 9.72. The van der Waals surface area contributed by atoms with Gasteiger partial charge in [-0.1, -0.05) is 42.5 Å². The normalized spacial score (nSPS) is 10.7. The number of esters is 1. The standard InChI is InChI=1S/C23H25NO4.ClH/c1-3-24(4-2)13-14-27-22(26)15-18-11-8-12-19-20(25)16-21(28-23(18)19)17-9-6-5-7-10-17;/h5-12,16H,3-4,13-15H2,1-2H3;1H. The maximum atomic E-state index is 12.5. The molecule has 5 nitrogen and oxygen atoms in total. The van der Waals surface area contributed by atoms with Crippen molar-refractivity contribution in [3.05, 3.63) is 70.4 Å². The Hall–Kier alpha value is -2.63. The zero-order valence-corrected chi connectivity index (χ0v) is 17.5. The van der Waals surface area contributed by atoms with Gasteiger partial charge >= 0.3 is 5.97 Å². The van der Waals surface area contributed by atoms with Crippen molar-refractivity contribution in [2.24, 2.45) is 0 Å². The fourth-order valence-corrected chi connectivity index (χ4v) is 3.24. The summed E-state index contributed by atoms with van der Waals surface area (Å²) in [7, 11) is 0. The number of para-hydroxylation sites is 1. The van der Waals surface area contributed by atoms with Crippen LogP contribution in [0, 0.1) is 0 Å². The van der Waals surface area contributed by atoms with E-state index >= 15 is 0 Å². The third-order valence-corrected chi connectivity index (χ3v) is 4.95. The van der Waals surface area contributed by atoms with Crippen molar-refractivity contribution in [1.29, 1.82) is 0 Å². The lowest BCUT2D eigenvalue weighted by Crippen LogP contribution is -3.11. The molecule has 0 amide bonds. The van der Waals surface area contributed by atoms with Gasteiger partial charge in [-0.3, -0.25) is 9.59 Å². The summed E-state index contributed by atoms with van der Waals surface area (Å²) in [4.78, 5) is 26.2. The van der Waals surface area contributed by atoms with Gasteiger partial charge in [0.2, 0.25) is 0 Å². The largest absolute Gasteiger partial charge is 1.00 e. The van der Waals surface area contributed by atoms with Crippen LogP contribution in [0.3, 0.4) is 0 Å². The molecule has 3 rings (SSSR count). The number of nitrogens with one attached hydrogen (secondary N) is 1. The van der Waals surface area contributed by atoms with E-state index in [2.05, 4.69) is 13.8 Å². The lowest BCUT2D eigenvalue weighted by Gasteiger charge is -2.15. The fourth-order valence-electron chi connectivity index (χ4n) is 3.24. The molecule has 6 heteroatoms. The Balaban J connectivity index is 0.00000300. The molecular formula is C23H26ClNO4. The number of halogens is 1. The molecule has 0 spiro atoms. The molecule has 0 aliphatic rings. The van der Waals surface area contributed by atoms with Crippen molar-refractivity contribution in [2.45, 2.75) is 20.3 Å². The molecule has 154 valence electrons. The van der Waals surface area contributed by atoms with Crippen LogP contribution in [-0.2, 0) is 16.0 Å². The van der Waals surface area contributed by atoms with Crippen LogP contribution in [0.5, 0.6) is 0 Å². The van der Waals surface area contributed by atoms with Gasteiger partial charge in [-0.05, 0) is 19.9 Å². The van der Waals surface area contributed by atoms with Crippen LogP contribution in [0.25, 0.3) is 22.3 Å². The van der Waals surface area contributed by atoms with E-state index in [1.165, 1.54) is 11.0 Å². The van der Waals surface area contributed by atoms with E-state index in [0.717, 1.165) is 25.2 Å². The highest BCUT2D eigenvalue weighted by Gasteiger charge is 2.14. The molecule has 3 aromatic rings. The number of quaternary nitrogens is 1. The Morgan fingerprint density at radius 3 is 2.45 bits per heavy atom. The summed E-state index contributed by atoms with van der Waals surface area (Å²) >= 11 is 0. The number of benzene rings is 2. The van der Waals surface area contributed by atoms with Crippen LogP contribution >= 0.6 is 0 Å². The first-order valence-corrected chi connectivity index (χ1v) is 9.72. The molecule has 1 aromatic heterocycles. The van der Waals surface area contributed by atoms with Gasteiger partial charge in [-0.15, -0.1) is 0 Å². The van der Waals surface area contributed by atoms with Gasteiger partial charge in [0, 0.05) is 17.2 Å². The Morgan fingerprint density at radius 1 is 1.03 bits per heavy atom. The SMILES string of the molecule is CC[NH+](CC)CCOC(=O)Cc1cccc2c(=O)cc(-c3ccccc3)oc12.[Cl-]. The molecule has 0 bridgehead atoms. The van der Waals surface area contributed by atoms with E-state index in [1.807, 2.05) is 30.3 Å². The van der Waals surface area contributed by atoms with Crippen LogP contribution < -0.4 is 22.7 Å². The Bertz CT molecular complexity index is 997. The Kier molecular flexibility index (Phi) is 8.43. The average molecular weight is 416 g/mol. The maximum Gasteiger partial charge on any atom is 0.310 e. The molecule has 0 saturated heterocycles. The molecule has 0 aliphatic carbocycles. The van der Waals surface area contributed by atoms with Crippen molar-refractivity contribution in [2.75, 3.05) is 26.2 Å². The molecule has 0 unspecified atom stereocenters. The molecule has 0 aliphatic heterocycles. The van der Waals surface area contributed by atoms with Crippen molar-refractivity contribution in [3.8, 4) is 11.3 Å². The van der Waals surface area contributed by atoms with Gasteiger partial charge in [0.15, 0.2) is 5.43 Å². The Labute approximate surface area is 176 Å². The van der Waals surface area contributed by atoms with Gasteiger partial charge in [-0.25, -0.2) is 0 Å². The zero-order chi connectivity index (χ0) is 19.9. The third-order valence-electron chi connectivity index (χ3n) is 4.95. The second-order valence-corrected chi connectivity index (χ2v) is 6.74. The molecule has 0 fully saturated rings. The number of ether oxygens (including phenoxy) is 1. The van der Waals surface area contributed by atoms with E-state index in [4.69, 9.17) is 9.15 Å². The quantitative estimate of drug-likeness (QED) is 0.503. The minimum atomic E-state index is -0.313. The lowest BCUT2D eigenvalue weighted by molar-refractivity contribution is -0.896. The van der Waals surface area contributed by atoms with E-state index < -0.39 is 0 Å². The molecule has 1 N–H and O–H groups in total. The third kappa shape index (κ3) is 5.68. The predicted molar refractivity (Wildman–Crippen MR) is 109 cm³/mol. The van der Waals surface area contributed by atoms with Crippen molar-refractivity contribution in [1.82, 2.24) is 0 Å². The minimum Gasteiger partial charge on any atom is -1.00 e. The second kappa shape index (κ2) is 10.8. The predicted octanol–water partition coefficient (Wildman–Crippen LogP) is -0.526. The summed E-state index contributed by atoms with van der Waals surface area (Å²) in [6.45, 7) is 7.42. The van der Waals surface area contributed by atoms with Crippen molar-refractivity contribution in [3.63, 3.8) is 0 Å². The minimum absolute atomic E-state index is 0. The Morgan fingerprint density at radius 2 is 1.76 bits per heavy atom. The first-order chi connectivity index (χ1) is 13.6. The van der Waals surface area contributed by atoms with Gasteiger partial charge in [0.25, 0.3) is 0 Å². The zero-order valence-electron chi connectivity index (χ0n) is 16.7. The van der Waals surface area contributed by atoms with Gasteiger partial charge in [-0.2, -0.15) is 0 Å². The number of carbonyl (C=O) groups excluding carboxylic acids is 1. The van der Waals surface area contributed by atoms with E-state index in [9.17, 15) is 9.59 Å². The maximum absolute atomic E-state index is 12.5. The molecule has 1 heterocycles. The average Bonchev–Trinajstić information content (AvgIpc) is 2.72. The number of rotatable bonds is 8. The second-order valence-electron chi connectivity index (χ2n) is 6.74. The van der Waals surface area contributed by atoms with E-state index in [1.54, 1.807) is 18.2 Å². The van der Waals surface area contributed by atoms with Crippen LogP contribution in [0.4, 0.5) is 0 Å². The fraction of sp³-hybridized carbons (Fsp3) is 0.304.